The molecule has 0 aromatic carbocycles. The Kier molecular flexibility index (Phi) is 6.59. The SMILES string of the molecule is CCNC(=NCC1(O)CCSC1)NC(C)Cc1ccc(C)s1. The maximum atomic E-state index is 10.4. The van der Waals surface area contributed by atoms with Crippen molar-refractivity contribution >= 4 is 29.1 Å². The Morgan fingerprint density at radius 3 is 2.91 bits per heavy atom. The lowest BCUT2D eigenvalue weighted by Gasteiger charge is -2.21. The highest BCUT2D eigenvalue weighted by Crippen LogP contribution is 2.27. The van der Waals surface area contributed by atoms with Gasteiger partial charge in [-0.15, -0.1) is 11.3 Å². The summed E-state index contributed by atoms with van der Waals surface area (Å²) in [6.45, 7) is 7.66. The first-order valence-electron chi connectivity index (χ1n) is 7.91. The summed E-state index contributed by atoms with van der Waals surface area (Å²) in [6.07, 6.45) is 1.83. The molecule has 2 unspecified atom stereocenters. The summed E-state index contributed by atoms with van der Waals surface area (Å²) in [5.41, 5.74) is -0.624. The second kappa shape index (κ2) is 8.22. The van der Waals surface area contributed by atoms with Crippen molar-refractivity contribution in [2.75, 3.05) is 24.6 Å². The molecule has 0 bridgehead atoms. The molecular weight excluding hydrogens is 314 g/mol. The van der Waals surface area contributed by atoms with Gasteiger partial charge in [0.2, 0.25) is 0 Å². The predicted octanol–water partition coefficient (Wildman–Crippen LogP) is 2.41. The third kappa shape index (κ3) is 5.48. The average molecular weight is 342 g/mol. The van der Waals surface area contributed by atoms with Crippen molar-refractivity contribution in [2.24, 2.45) is 4.99 Å². The lowest BCUT2D eigenvalue weighted by molar-refractivity contribution is 0.0778. The molecule has 1 saturated heterocycles. The molecule has 2 atom stereocenters. The van der Waals surface area contributed by atoms with E-state index in [1.165, 1.54) is 9.75 Å². The Morgan fingerprint density at radius 2 is 2.32 bits per heavy atom. The van der Waals surface area contributed by atoms with Crippen LogP contribution in [0.4, 0.5) is 0 Å². The molecule has 1 aromatic rings. The van der Waals surface area contributed by atoms with Gasteiger partial charge < -0.3 is 15.7 Å². The first kappa shape index (κ1) is 17.6. The molecule has 0 aliphatic carbocycles. The fraction of sp³-hybridized carbons (Fsp3) is 0.688. The molecule has 1 aliphatic rings. The van der Waals surface area contributed by atoms with E-state index >= 15 is 0 Å². The predicted molar refractivity (Wildman–Crippen MR) is 98.2 cm³/mol. The van der Waals surface area contributed by atoms with E-state index < -0.39 is 5.60 Å². The second-order valence-corrected chi connectivity index (χ2v) is 8.46. The number of hydrogen-bond acceptors (Lipinski definition) is 4. The standard InChI is InChI=1S/C16H27N3OS2/c1-4-17-15(18-10-16(20)7-8-21-11-16)19-12(2)9-14-6-5-13(3)22-14/h5-6,12,20H,4,7-11H2,1-3H3,(H2,17,18,19). The van der Waals surface area contributed by atoms with Crippen LogP contribution in [-0.2, 0) is 6.42 Å². The maximum absolute atomic E-state index is 10.4. The number of nitrogens with one attached hydrogen (secondary N) is 2. The molecule has 3 N–H and O–H groups in total. The largest absolute Gasteiger partial charge is 0.387 e. The van der Waals surface area contributed by atoms with Gasteiger partial charge in [0, 0.05) is 34.5 Å². The van der Waals surface area contributed by atoms with Crippen LogP contribution in [0.3, 0.4) is 0 Å². The van der Waals surface area contributed by atoms with Crippen LogP contribution >= 0.6 is 23.1 Å². The van der Waals surface area contributed by atoms with Crippen LogP contribution < -0.4 is 10.6 Å². The van der Waals surface area contributed by atoms with Gasteiger partial charge in [-0.2, -0.15) is 11.8 Å². The van der Waals surface area contributed by atoms with Crippen molar-refractivity contribution in [3.05, 3.63) is 21.9 Å². The van der Waals surface area contributed by atoms with Gasteiger partial charge >= 0.3 is 0 Å². The highest BCUT2D eigenvalue weighted by Gasteiger charge is 2.31. The summed E-state index contributed by atoms with van der Waals surface area (Å²) in [7, 11) is 0. The Bertz CT molecular complexity index is 495. The van der Waals surface area contributed by atoms with Gasteiger partial charge in [0.15, 0.2) is 5.96 Å². The zero-order valence-corrected chi connectivity index (χ0v) is 15.3. The third-order valence-electron chi connectivity index (χ3n) is 3.64. The maximum Gasteiger partial charge on any atom is 0.191 e. The number of thioether (sulfide) groups is 1. The lowest BCUT2D eigenvalue weighted by Crippen LogP contribution is -2.44. The quantitative estimate of drug-likeness (QED) is 0.549. The van der Waals surface area contributed by atoms with Crippen LogP contribution in [0, 0.1) is 6.92 Å². The number of rotatable bonds is 6. The Hall–Kier alpha value is -0.720. The van der Waals surface area contributed by atoms with Crippen LogP contribution in [0.25, 0.3) is 0 Å². The minimum atomic E-state index is -0.624. The van der Waals surface area contributed by atoms with E-state index in [4.69, 9.17) is 0 Å². The van der Waals surface area contributed by atoms with E-state index in [0.29, 0.717) is 12.6 Å². The summed E-state index contributed by atoms with van der Waals surface area (Å²) in [4.78, 5) is 7.33. The van der Waals surface area contributed by atoms with E-state index in [0.717, 1.165) is 36.9 Å². The summed E-state index contributed by atoms with van der Waals surface area (Å²) in [5.74, 6) is 2.62. The number of guanidine groups is 1. The monoisotopic (exact) mass is 341 g/mol. The Morgan fingerprint density at radius 1 is 1.50 bits per heavy atom. The molecule has 6 heteroatoms. The molecule has 2 rings (SSSR count). The van der Waals surface area contributed by atoms with Crippen molar-refractivity contribution < 1.29 is 5.11 Å². The van der Waals surface area contributed by atoms with E-state index in [1.807, 2.05) is 11.3 Å². The van der Waals surface area contributed by atoms with Gasteiger partial charge in [-0.25, -0.2) is 0 Å². The van der Waals surface area contributed by atoms with E-state index in [-0.39, 0.29) is 0 Å². The van der Waals surface area contributed by atoms with Gasteiger partial charge in [0.1, 0.15) is 0 Å². The Labute approximate surface area is 141 Å². The zero-order chi connectivity index (χ0) is 16.0. The molecule has 4 nitrogen and oxygen atoms in total. The van der Waals surface area contributed by atoms with Gasteiger partial charge in [-0.1, -0.05) is 0 Å². The first-order chi connectivity index (χ1) is 10.5. The van der Waals surface area contributed by atoms with Gasteiger partial charge in [0.05, 0.1) is 12.1 Å². The van der Waals surface area contributed by atoms with E-state index in [1.54, 1.807) is 11.8 Å². The summed E-state index contributed by atoms with van der Waals surface area (Å²) in [5, 5.41) is 17.1. The van der Waals surface area contributed by atoms with Crippen LogP contribution in [-0.4, -0.2) is 47.3 Å². The highest BCUT2D eigenvalue weighted by molar-refractivity contribution is 7.99. The molecule has 22 heavy (non-hydrogen) atoms. The molecule has 0 spiro atoms. The smallest absolute Gasteiger partial charge is 0.191 e. The molecule has 1 aliphatic heterocycles. The third-order valence-corrected chi connectivity index (χ3v) is 5.90. The summed E-state index contributed by atoms with van der Waals surface area (Å²) < 4.78 is 0. The van der Waals surface area contributed by atoms with Crippen LogP contribution in [0.5, 0.6) is 0 Å². The lowest BCUT2D eigenvalue weighted by atomic mass is 10.0. The molecule has 124 valence electrons. The van der Waals surface area contributed by atoms with Crippen molar-refractivity contribution in [3.8, 4) is 0 Å². The van der Waals surface area contributed by atoms with E-state index in [2.05, 4.69) is 48.5 Å². The number of nitrogens with zero attached hydrogens (tertiary/aromatic N) is 1. The fourth-order valence-electron chi connectivity index (χ4n) is 2.45. The number of aliphatic hydroxyl groups is 1. The normalized spacial score (nSPS) is 23.5. The fourth-order valence-corrected chi connectivity index (χ4v) is 4.75. The summed E-state index contributed by atoms with van der Waals surface area (Å²) in [6, 6.07) is 4.67. The van der Waals surface area contributed by atoms with Gasteiger partial charge in [-0.3, -0.25) is 4.99 Å². The van der Waals surface area contributed by atoms with E-state index in [9.17, 15) is 5.11 Å². The number of thiophene rings is 1. The highest BCUT2D eigenvalue weighted by atomic mass is 32.2. The van der Waals surface area contributed by atoms with Gasteiger partial charge in [0.25, 0.3) is 0 Å². The minimum Gasteiger partial charge on any atom is -0.387 e. The number of aliphatic imine (C=N–C) groups is 1. The molecule has 1 aromatic heterocycles. The molecule has 0 saturated carbocycles. The average Bonchev–Trinajstić information content (AvgIpc) is 3.06. The number of hydrogen-bond donors (Lipinski definition) is 3. The molecule has 1 fully saturated rings. The topological polar surface area (TPSA) is 56.7 Å². The van der Waals surface area contributed by atoms with Crippen molar-refractivity contribution in [1.29, 1.82) is 0 Å². The van der Waals surface area contributed by atoms with Crippen LogP contribution in [0.2, 0.25) is 0 Å². The molecule has 0 amide bonds. The van der Waals surface area contributed by atoms with Crippen LogP contribution in [0.1, 0.15) is 30.0 Å². The van der Waals surface area contributed by atoms with Crippen molar-refractivity contribution in [3.63, 3.8) is 0 Å². The minimum absolute atomic E-state index is 0.309. The summed E-state index contributed by atoms with van der Waals surface area (Å²) >= 11 is 3.65. The molecule has 0 radical (unpaired) electrons. The second-order valence-electron chi connectivity index (χ2n) is 5.98. The van der Waals surface area contributed by atoms with Gasteiger partial charge in [-0.05, 0) is 45.1 Å². The van der Waals surface area contributed by atoms with Crippen molar-refractivity contribution in [2.45, 2.75) is 45.3 Å². The van der Waals surface area contributed by atoms with Crippen LogP contribution in [0.15, 0.2) is 17.1 Å². The van der Waals surface area contributed by atoms with Crippen molar-refractivity contribution in [1.82, 2.24) is 10.6 Å². The Balaban J connectivity index is 1.89. The number of aryl methyl sites for hydroxylation is 1. The first-order valence-corrected chi connectivity index (χ1v) is 9.88. The zero-order valence-electron chi connectivity index (χ0n) is 13.7. The molecule has 2 heterocycles. The molecular formula is C16H27N3OS2.